The van der Waals surface area contributed by atoms with E-state index >= 15 is 0 Å². The summed E-state index contributed by atoms with van der Waals surface area (Å²) in [5.41, 5.74) is 2.23. The van der Waals surface area contributed by atoms with Crippen LogP contribution in [0.15, 0.2) is 30.5 Å². The van der Waals surface area contributed by atoms with Gasteiger partial charge in [0, 0.05) is 36.6 Å². The Hall–Kier alpha value is -2.30. The van der Waals surface area contributed by atoms with Crippen molar-refractivity contribution < 1.29 is 14.7 Å². The number of carbonyl (C=O) groups excluding carboxylic acids is 1. The van der Waals surface area contributed by atoms with Gasteiger partial charge in [0.15, 0.2) is 0 Å². The lowest BCUT2D eigenvalue weighted by atomic mass is 10.1. The van der Waals surface area contributed by atoms with Crippen LogP contribution >= 0.6 is 0 Å². The first-order chi connectivity index (χ1) is 11.6. The smallest absolute Gasteiger partial charge is 0.303 e. The van der Waals surface area contributed by atoms with E-state index in [0.29, 0.717) is 19.4 Å². The van der Waals surface area contributed by atoms with Crippen LogP contribution in [0.5, 0.6) is 0 Å². The van der Waals surface area contributed by atoms with Crippen LogP contribution in [0, 0.1) is 0 Å². The fourth-order valence-corrected chi connectivity index (χ4v) is 2.94. The summed E-state index contributed by atoms with van der Waals surface area (Å²) < 4.78 is 2.17. The number of aryl methyl sites for hydroxylation is 1. The number of aromatic nitrogens is 1. The van der Waals surface area contributed by atoms with Crippen LogP contribution in [-0.2, 0) is 22.6 Å². The number of carboxylic acid groups (broad SMARTS) is 1. The highest BCUT2D eigenvalue weighted by Crippen LogP contribution is 2.21. The number of nitrogens with zero attached hydrogens (tertiary/aromatic N) is 1. The predicted molar refractivity (Wildman–Crippen MR) is 95.0 cm³/mol. The van der Waals surface area contributed by atoms with E-state index in [-0.39, 0.29) is 12.3 Å². The molecule has 0 unspecified atom stereocenters. The third kappa shape index (κ3) is 5.11. The van der Waals surface area contributed by atoms with Gasteiger partial charge in [0.1, 0.15) is 0 Å². The van der Waals surface area contributed by atoms with Gasteiger partial charge in [-0.1, -0.05) is 31.0 Å². The van der Waals surface area contributed by atoms with E-state index in [1.54, 1.807) is 0 Å². The van der Waals surface area contributed by atoms with Gasteiger partial charge in [0.25, 0.3) is 0 Å². The fraction of sp³-hybridized carbons (Fsp3) is 0.474. The minimum atomic E-state index is -0.741. The van der Waals surface area contributed by atoms with E-state index in [4.69, 9.17) is 5.11 Å². The molecule has 2 aromatic rings. The van der Waals surface area contributed by atoms with Gasteiger partial charge < -0.3 is 15.0 Å². The highest BCUT2D eigenvalue weighted by Gasteiger charge is 2.10. The SMILES string of the molecule is CCn1cc(CC(=O)NCCCCCCC(=O)O)c2ccccc21. The lowest BCUT2D eigenvalue weighted by molar-refractivity contribution is -0.137. The second-order valence-electron chi connectivity index (χ2n) is 6.04. The highest BCUT2D eigenvalue weighted by molar-refractivity contribution is 5.89. The zero-order chi connectivity index (χ0) is 17.4. The number of carboxylic acids is 1. The van der Waals surface area contributed by atoms with E-state index < -0.39 is 5.97 Å². The number of nitrogens with one attached hydrogen (secondary N) is 1. The highest BCUT2D eigenvalue weighted by atomic mass is 16.4. The number of aliphatic carboxylic acids is 1. The molecule has 1 aromatic carbocycles. The predicted octanol–water partition coefficient (Wildman–Crippen LogP) is 3.36. The van der Waals surface area contributed by atoms with E-state index in [2.05, 4.69) is 35.1 Å². The van der Waals surface area contributed by atoms with Crippen molar-refractivity contribution in [1.29, 1.82) is 0 Å². The molecule has 0 bridgehead atoms. The molecule has 1 amide bonds. The average molecular weight is 330 g/mol. The van der Waals surface area contributed by atoms with Crippen LogP contribution in [0.3, 0.4) is 0 Å². The van der Waals surface area contributed by atoms with Crippen molar-refractivity contribution in [1.82, 2.24) is 9.88 Å². The first-order valence-corrected chi connectivity index (χ1v) is 8.67. The molecular formula is C19H26N2O3. The van der Waals surface area contributed by atoms with Gasteiger partial charge in [-0.05, 0) is 31.4 Å². The molecule has 24 heavy (non-hydrogen) atoms. The first kappa shape index (κ1) is 18.0. The molecule has 5 nitrogen and oxygen atoms in total. The Morgan fingerprint density at radius 1 is 1.12 bits per heavy atom. The maximum Gasteiger partial charge on any atom is 0.303 e. The quantitative estimate of drug-likeness (QED) is 0.656. The number of unbranched alkanes of at least 4 members (excludes halogenated alkanes) is 3. The number of amides is 1. The number of carbonyl (C=O) groups is 2. The zero-order valence-electron chi connectivity index (χ0n) is 14.3. The molecule has 5 heteroatoms. The zero-order valence-corrected chi connectivity index (χ0v) is 14.3. The molecule has 0 radical (unpaired) electrons. The van der Waals surface area contributed by atoms with Gasteiger partial charge in [-0.2, -0.15) is 0 Å². The summed E-state index contributed by atoms with van der Waals surface area (Å²) in [6.45, 7) is 3.64. The van der Waals surface area contributed by atoms with Gasteiger partial charge in [-0.15, -0.1) is 0 Å². The third-order valence-corrected chi connectivity index (χ3v) is 4.20. The molecule has 0 spiro atoms. The van der Waals surface area contributed by atoms with Crippen LogP contribution < -0.4 is 5.32 Å². The molecule has 2 N–H and O–H groups in total. The number of hydrogen-bond acceptors (Lipinski definition) is 2. The lowest BCUT2D eigenvalue weighted by Gasteiger charge is -2.04. The molecule has 0 fully saturated rings. The topological polar surface area (TPSA) is 71.3 Å². The Kier molecular flexibility index (Phi) is 6.85. The molecule has 0 saturated heterocycles. The monoisotopic (exact) mass is 330 g/mol. The van der Waals surface area contributed by atoms with E-state index in [1.807, 2.05) is 12.1 Å². The van der Waals surface area contributed by atoms with Crippen molar-refractivity contribution in [2.75, 3.05) is 6.54 Å². The molecule has 0 atom stereocenters. The maximum atomic E-state index is 12.1. The number of benzene rings is 1. The van der Waals surface area contributed by atoms with E-state index in [9.17, 15) is 9.59 Å². The van der Waals surface area contributed by atoms with Crippen molar-refractivity contribution >= 4 is 22.8 Å². The average Bonchev–Trinajstić information content (AvgIpc) is 2.92. The lowest BCUT2D eigenvalue weighted by Crippen LogP contribution is -2.26. The van der Waals surface area contributed by atoms with Crippen LogP contribution in [0.25, 0.3) is 10.9 Å². The van der Waals surface area contributed by atoms with E-state index in [0.717, 1.165) is 36.8 Å². The van der Waals surface area contributed by atoms with Gasteiger partial charge in [0.2, 0.25) is 5.91 Å². The molecule has 1 aromatic heterocycles. The standard InChI is InChI=1S/C19H26N2O3/c1-2-21-14-15(16-9-6-7-10-17(16)21)13-18(22)20-12-8-4-3-5-11-19(23)24/h6-7,9-10,14H,2-5,8,11-13H2,1H3,(H,20,22)(H,23,24). The molecule has 2 rings (SSSR count). The summed E-state index contributed by atoms with van der Waals surface area (Å²) in [6.07, 6.45) is 6.13. The normalized spacial score (nSPS) is 10.9. The maximum absolute atomic E-state index is 12.1. The number of hydrogen-bond donors (Lipinski definition) is 2. The second kappa shape index (κ2) is 9.11. The molecular weight excluding hydrogens is 304 g/mol. The van der Waals surface area contributed by atoms with Crippen LogP contribution in [0.4, 0.5) is 0 Å². The van der Waals surface area contributed by atoms with Crippen LogP contribution in [0.2, 0.25) is 0 Å². The fourth-order valence-electron chi connectivity index (χ4n) is 2.94. The van der Waals surface area contributed by atoms with Crippen molar-refractivity contribution in [3.05, 3.63) is 36.0 Å². The number of para-hydroxylation sites is 1. The Labute approximate surface area is 142 Å². The minimum absolute atomic E-state index is 0.0412. The molecule has 0 aliphatic rings. The van der Waals surface area contributed by atoms with Crippen LogP contribution in [-0.4, -0.2) is 28.1 Å². The van der Waals surface area contributed by atoms with Crippen molar-refractivity contribution in [3.8, 4) is 0 Å². The van der Waals surface area contributed by atoms with Crippen molar-refractivity contribution in [2.45, 2.75) is 52.0 Å². The molecule has 0 aliphatic carbocycles. The minimum Gasteiger partial charge on any atom is -0.481 e. The van der Waals surface area contributed by atoms with Crippen molar-refractivity contribution in [3.63, 3.8) is 0 Å². The van der Waals surface area contributed by atoms with Gasteiger partial charge >= 0.3 is 5.97 Å². The van der Waals surface area contributed by atoms with E-state index in [1.165, 1.54) is 5.52 Å². The Morgan fingerprint density at radius 3 is 2.62 bits per heavy atom. The summed E-state index contributed by atoms with van der Waals surface area (Å²) in [6, 6.07) is 8.16. The van der Waals surface area contributed by atoms with Gasteiger partial charge in [-0.3, -0.25) is 9.59 Å². The summed E-state index contributed by atoms with van der Waals surface area (Å²) >= 11 is 0. The molecule has 0 aliphatic heterocycles. The first-order valence-electron chi connectivity index (χ1n) is 8.67. The summed E-state index contributed by atoms with van der Waals surface area (Å²) in [5, 5.41) is 12.7. The Balaban J connectivity index is 1.76. The summed E-state index contributed by atoms with van der Waals surface area (Å²) in [7, 11) is 0. The number of fused-ring (bicyclic) bond motifs is 1. The van der Waals surface area contributed by atoms with Crippen molar-refractivity contribution in [2.24, 2.45) is 0 Å². The largest absolute Gasteiger partial charge is 0.481 e. The molecule has 0 saturated carbocycles. The number of rotatable bonds is 10. The Bertz CT molecular complexity index is 691. The molecule has 130 valence electrons. The van der Waals surface area contributed by atoms with Gasteiger partial charge in [0.05, 0.1) is 6.42 Å². The third-order valence-electron chi connectivity index (χ3n) is 4.20. The second-order valence-corrected chi connectivity index (χ2v) is 6.04. The van der Waals surface area contributed by atoms with Gasteiger partial charge in [-0.25, -0.2) is 0 Å². The molecule has 1 heterocycles. The summed E-state index contributed by atoms with van der Waals surface area (Å²) in [5.74, 6) is -0.700. The Morgan fingerprint density at radius 2 is 1.88 bits per heavy atom. The van der Waals surface area contributed by atoms with Crippen LogP contribution in [0.1, 0.15) is 44.6 Å². The summed E-state index contributed by atoms with van der Waals surface area (Å²) in [4.78, 5) is 22.5.